The fraction of sp³-hybridized carbons (Fsp3) is 0.500. The molecule has 1 heterocycles. The minimum absolute atomic E-state index is 0.0602. The summed E-state index contributed by atoms with van der Waals surface area (Å²) in [6.07, 6.45) is 0.599. The molecular weight excluding hydrogens is 236 g/mol. The highest BCUT2D eigenvalue weighted by Gasteiger charge is 2.19. The van der Waals surface area contributed by atoms with Crippen LogP contribution in [0.15, 0.2) is 24.3 Å². The molecule has 6 heteroatoms. The van der Waals surface area contributed by atoms with Crippen LogP contribution < -0.4 is 4.74 Å². The Morgan fingerprint density at radius 3 is 2.72 bits per heavy atom. The molecule has 1 aromatic carbocycles. The van der Waals surface area contributed by atoms with Gasteiger partial charge in [-0.05, 0) is 18.6 Å². The third-order valence-electron chi connectivity index (χ3n) is 2.97. The molecule has 1 atom stereocenters. The minimum atomic E-state index is -0.435. The van der Waals surface area contributed by atoms with Crippen molar-refractivity contribution in [3.8, 4) is 5.75 Å². The summed E-state index contributed by atoms with van der Waals surface area (Å²) in [5.74, 6) is 0.625. The van der Waals surface area contributed by atoms with Gasteiger partial charge in [0.2, 0.25) is 0 Å². The van der Waals surface area contributed by atoms with Gasteiger partial charge in [-0.3, -0.25) is 15.0 Å². The van der Waals surface area contributed by atoms with E-state index in [-0.39, 0.29) is 11.8 Å². The van der Waals surface area contributed by atoms with Crippen molar-refractivity contribution in [3.63, 3.8) is 0 Å². The lowest BCUT2D eigenvalue weighted by Gasteiger charge is -2.15. The van der Waals surface area contributed by atoms with E-state index in [1.807, 2.05) is 0 Å². The number of likely N-dealkylation sites (tertiary alicyclic amines) is 1. The summed E-state index contributed by atoms with van der Waals surface area (Å²) in [4.78, 5) is 12.2. The van der Waals surface area contributed by atoms with Crippen molar-refractivity contribution in [2.75, 3.05) is 26.2 Å². The van der Waals surface area contributed by atoms with Crippen molar-refractivity contribution in [3.05, 3.63) is 34.4 Å². The highest BCUT2D eigenvalue weighted by atomic mass is 16.6. The maximum Gasteiger partial charge on any atom is 0.269 e. The first kappa shape index (κ1) is 12.8. The first-order chi connectivity index (χ1) is 8.65. The Kier molecular flexibility index (Phi) is 4.11. The van der Waals surface area contributed by atoms with Crippen LogP contribution >= 0.6 is 0 Å². The number of benzene rings is 1. The average Bonchev–Trinajstić information content (AvgIpc) is 2.76. The molecule has 1 N–H and O–H groups in total. The number of nitrogens with zero attached hydrogens (tertiary/aromatic N) is 2. The van der Waals surface area contributed by atoms with E-state index in [1.165, 1.54) is 12.1 Å². The fourth-order valence-electron chi connectivity index (χ4n) is 1.97. The van der Waals surface area contributed by atoms with Gasteiger partial charge in [0.15, 0.2) is 0 Å². The van der Waals surface area contributed by atoms with Gasteiger partial charge in [0.05, 0.1) is 11.0 Å². The second-order valence-electron chi connectivity index (χ2n) is 4.34. The van der Waals surface area contributed by atoms with E-state index in [4.69, 9.17) is 4.74 Å². The van der Waals surface area contributed by atoms with Crippen molar-refractivity contribution in [2.45, 2.75) is 12.5 Å². The zero-order valence-electron chi connectivity index (χ0n) is 9.99. The molecule has 1 fully saturated rings. The SMILES string of the molecule is O=[N+]([O-])c1ccc(OCCN2CCC(O)C2)cc1. The molecule has 1 aliphatic rings. The maximum atomic E-state index is 10.5. The Hall–Kier alpha value is -1.66. The molecule has 98 valence electrons. The number of nitro groups is 1. The van der Waals surface area contributed by atoms with Gasteiger partial charge in [-0.15, -0.1) is 0 Å². The highest BCUT2D eigenvalue weighted by molar-refractivity contribution is 5.35. The summed E-state index contributed by atoms with van der Waals surface area (Å²) in [5, 5.41) is 19.8. The Bertz CT molecular complexity index is 407. The second kappa shape index (κ2) is 5.79. The number of aliphatic hydroxyl groups is 1. The summed E-state index contributed by atoms with van der Waals surface area (Å²) >= 11 is 0. The lowest BCUT2D eigenvalue weighted by atomic mass is 10.3. The number of hydrogen-bond acceptors (Lipinski definition) is 5. The van der Waals surface area contributed by atoms with E-state index < -0.39 is 4.92 Å². The molecule has 0 saturated carbocycles. The zero-order valence-corrected chi connectivity index (χ0v) is 9.99. The number of rotatable bonds is 5. The first-order valence-corrected chi connectivity index (χ1v) is 5.93. The normalized spacial score (nSPS) is 19.9. The first-order valence-electron chi connectivity index (χ1n) is 5.93. The highest BCUT2D eigenvalue weighted by Crippen LogP contribution is 2.17. The monoisotopic (exact) mass is 252 g/mol. The van der Waals surface area contributed by atoms with Crippen molar-refractivity contribution in [1.29, 1.82) is 0 Å². The van der Waals surface area contributed by atoms with E-state index in [1.54, 1.807) is 12.1 Å². The van der Waals surface area contributed by atoms with E-state index in [9.17, 15) is 15.2 Å². The smallest absolute Gasteiger partial charge is 0.269 e. The van der Waals surface area contributed by atoms with Gasteiger partial charge in [-0.1, -0.05) is 0 Å². The van der Waals surface area contributed by atoms with Crippen molar-refractivity contribution >= 4 is 5.69 Å². The molecule has 0 aliphatic carbocycles. The van der Waals surface area contributed by atoms with Gasteiger partial charge in [0.25, 0.3) is 5.69 Å². The average molecular weight is 252 g/mol. The molecule has 1 saturated heterocycles. The molecule has 0 bridgehead atoms. The van der Waals surface area contributed by atoms with E-state index in [2.05, 4.69) is 4.90 Å². The molecule has 1 unspecified atom stereocenters. The van der Waals surface area contributed by atoms with Crippen LogP contribution in [0.25, 0.3) is 0 Å². The largest absolute Gasteiger partial charge is 0.492 e. The number of aliphatic hydroxyl groups excluding tert-OH is 1. The second-order valence-corrected chi connectivity index (χ2v) is 4.34. The number of non-ortho nitro benzene ring substituents is 1. The number of β-amino-alcohol motifs (C(OH)–C–C–N with tert-alkyl or cyclic N) is 1. The van der Waals surface area contributed by atoms with E-state index >= 15 is 0 Å². The van der Waals surface area contributed by atoms with Crippen LogP contribution in [0.4, 0.5) is 5.69 Å². The maximum absolute atomic E-state index is 10.5. The standard InChI is InChI=1S/C12H16N2O4/c15-11-5-6-13(9-11)7-8-18-12-3-1-10(2-4-12)14(16)17/h1-4,11,15H,5-9H2. The van der Waals surface area contributed by atoms with Crippen molar-refractivity contribution in [2.24, 2.45) is 0 Å². The van der Waals surface area contributed by atoms with Gasteiger partial charge >= 0.3 is 0 Å². The van der Waals surface area contributed by atoms with Crippen LogP contribution in [-0.4, -0.2) is 47.3 Å². The van der Waals surface area contributed by atoms with Crippen LogP contribution in [0.3, 0.4) is 0 Å². The Labute approximate surface area is 105 Å². The number of hydrogen-bond donors (Lipinski definition) is 1. The lowest BCUT2D eigenvalue weighted by Crippen LogP contribution is -2.27. The van der Waals surface area contributed by atoms with E-state index in [0.717, 1.165) is 19.5 Å². The van der Waals surface area contributed by atoms with Crippen LogP contribution in [0, 0.1) is 10.1 Å². The molecule has 2 rings (SSSR count). The molecule has 6 nitrogen and oxygen atoms in total. The predicted octanol–water partition coefficient (Wildman–Crippen LogP) is 1.04. The summed E-state index contributed by atoms with van der Waals surface area (Å²) in [6, 6.07) is 6.04. The molecule has 0 spiro atoms. The quantitative estimate of drug-likeness (QED) is 0.626. The third-order valence-corrected chi connectivity index (χ3v) is 2.97. The Morgan fingerprint density at radius 2 is 2.17 bits per heavy atom. The number of ether oxygens (including phenoxy) is 1. The zero-order chi connectivity index (χ0) is 13.0. The predicted molar refractivity (Wildman–Crippen MR) is 65.7 cm³/mol. The van der Waals surface area contributed by atoms with Gasteiger partial charge in [0, 0.05) is 31.8 Å². The molecule has 0 amide bonds. The molecule has 18 heavy (non-hydrogen) atoms. The summed E-state index contributed by atoms with van der Waals surface area (Å²) < 4.78 is 5.49. The van der Waals surface area contributed by atoms with Crippen LogP contribution in [-0.2, 0) is 0 Å². The minimum Gasteiger partial charge on any atom is -0.492 e. The molecule has 0 aromatic heterocycles. The summed E-state index contributed by atoms with van der Waals surface area (Å²) in [7, 11) is 0. The van der Waals surface area contributed by atoms with Gasteiger partial charge in [-0.25, -0.2) is 0 Å². The molecule has 1 aromatic rings. The van der Waals surface area contributed by atoms with Crippen molar-refractivity contribution in [1.82, 2.24) is 4.90 Å². The van der Waals surface area contributed by atoms with E-state index in [0.29, 0.717) is 18.9 Å². The molecule has 0 radical (unpaired) electrons. The number of nitro benzene ring substituents is 1. The van der Waals surface area contributed by atoms with Crippen LogP contribution in [0.2, 0.25) is 0 Å². The van der Waals surface area contributed by atoms with Crippen LogP contribution in [0.5, 0.6) is 5.75 Å². The van der Waals surface area contributed by atoms with Gasteiger partial charge in [-0.2, -0.15) is 0 Å². The fourth-order valence-corrected chi connectivity index (χ4v) is 1.97. The topological polar surface area (TPSA) is 75.8 Å². The Morgan fingerprint density at radius 1 is 1.44 bits per heavy atom. The lowest BCUT2D eigenvalue weighted by molar-refractivity contribution is -0.384. The van der Waals surface area contributed by atoms with Gasteiger partial charge < -0.3 is 9.84 Å². The third kappa shape index (κ3) is 3.41. The van der Waals surface area contributed by atoms with Gasteiger partial charge in [0.1, 0.15) is 12.4 Å². The van der Waals surface area contributed by atoms with Crippen LogP contribution in [0.1, 0.15) is 6.42 Å². The van der Waals surface area contributed by atoms with Crippen molar-refractivity contribution < 1.29 is 14.8 Å². The Balaban J connectivity index is 1.75. The summed E-state index contributed by atoms with van der Waals surface area (Å²) in [6.45, 7) is 2.87. The summed E-state index contributed by atoms with van der Waals surface area (Å²) in [5.41, 5.74) is 0.0602. The molecule has 1 aliphatic heterocycles. The molecular formula is C12H16N2O4.